The molecule has 0 N–H and O–H groups in total. The Balaban J connectivity index is 1.40. The molecule has 0 radical (unpaired) electrons. The molecule has 3 aromatic rings. The zero-order valence-corrected chi connectivity index (χ0v) is 17.9. The Labute approximate surface area is 183 Å². The molecule has 2 fully saturated rings. The Kier molecular flexibility index (Phi) is 4.89. The fourth-order valence-corrected chi connectivity index (χ4v) is 4.57. The van der Waals surface area contributed by atoms with Gasteiger partial charge in [-0.3, -0.25) is 4.79 Å². The van der Waals surface area contributed by atoms with Gasteiger partial charge in [0.25, 0.3) is 5.91 Å². The first-order valence-corrected chi connectivity index (χ1v) is 10.6. The molecule has 2 aromatic heterocycles. The summed E-state index contributed by atoms with van der Waals surface area (Å²) in [6, 6.07) is 6.07. The number of anilines is 1. The highest BCUT2D eigenvalue weighted by atomic mass is 35.5. The van der Waals surface area contributed by atoms with Crippen LogP contribution in [-0.2, 0) is 0 Å². The maximum Gasteiger partial charge on any atom is 0.255 e. The lowest BCUT2D eigenvalue weighted by atomic mass is 9.81. The van der Waals surface area contributed by atoms with Crippen molar-refractivity contribution in [2.75, 3.05) is 24.5 Å². The lowest BCUT2D eigenvalue weighted by molar-refractivity contribution is 0.00769. The van der Waals surface area contributed by atoms with Crippen molar-refractivity contribution in [2.45, 2.75) is 26.3 Å². The van der Waals surface area contributed by atoms with Crippen LogP contribution in [0, 0.1) is 25.6 Å². The van der Waals surface area contributed by atoms with E-state index in [1.54, 1.807) is 23.1 Å². The quantitative estimate of drug-likeness (QED) is 0.613. The number of halogens is 2. The number of benzene rings is 1. The molecule has 0 spiro atoms. The number of hydrogen-bond acceptors (Lipinski definition) is 6. The summed E-state index contributed by atoms with van der Waals surface area (Å²) < 4.78 is 19.7. The third kappa shape index (κ3) is 3.35. The second-order valence-corrected chi connectivity index (χ2v) is 8.45. The summed E-state index contributed by atoms with van der Waals surface area (Å²) in [6.45, 7) is 5.84. The minimum absolute atomic E-state index is 0.0204. The van der Waals surface area contributed by atoms with Gasteiger partial charge >= 0.3 is 0 Å². The molecular weight excluding hydrogens is 421 g/mol. The van der Waals surface area contributed by atoms with Crippen LogP contribution >= 0.6 is 11.6 Å². The molecule has 1 amide bonds. The predicted molar refractivity (Wildman–Crippen MR) is 114 cm³/mol. The van der Waals surface area contributed by atoms with Crippen LogP contribution in [-0.4, -0.2) is 51.6 Å². The van der Waals surface area contributed by atoms with Gasteiger partial charge in [0.05, 0.1) is 39.8 Å². The second kappa shape index (κ2) is 7.60. The van der Waals surface area contributed by atoms with Crippen LogP contribution in [0.5, 0.6) is 0 Å². The van der Waals surface area contributed by atoms with Gasteiger partial charge in [0, 0.05) is 31.6 Å². The SMILES string of the molecule is Cc1nc(N2CCC3CN(C(=O)c4cccc(F)c4-c4ccno4)C3C2)nc(C)c1Cl. The lowest BCUT2D eigenvalue weighted by Crippen LogP contribution is -2.66. The van der Waals surface area contributed by atoms with Crippen molar-refractivity contribution in [2.24, 2.45) is 5.92 Å². The van der Waals surface area contributed by atoms with E-state index in [4.69, 9.17) is 16.1 Å². The van der Waals surface area contributed by atoms with E-state index in [-0.39, 0.29) is 28.8 Å². The number of aromatic nitrogens is 3. The third-order valence-electron chi connectivity index (χ3n) is 6.20. The first-order chi connectivity index (χ1) is 14.9. The number of likely N-dealkylation sites (tertiary alicyclic amines) is 1. The summed E-state index contributed by atoms with van der Waals surface area (Å²) in [4.78, 5) is 26.4. The largest absolute Gasteiger partial charge is 0.356 e. The van der Waals surface area contributed by atoms with Gasteiger partial charge in [0.15, 0.2) is 5.76 Å². The summed E-state index contributed by atoms with van der Waals surface area (Å²) >= 11 is 6.21. The zero-order chi connectivity index (χ0) is 21.7. The number of fused-ring (bicyclic) bond motifs is 1. The van der Waals surface area contributed by atoms with Crippen LogP contribution in [0.15, 0.2) is 35.0 Å². The standard InChI is InChI=1S/C22H21ClFN5O2/c1-12-20(23)13(2)27-22(26-12)28-9-7-14-10-29(17(14)11-28)21(30)15-4-3-5-16(24)19(15)18-6-8-25-31-18/h3-6,8,14,17H,7,9-11H2,1-2H3. The van der Waals surface area contributed by atoms with Crippen molar-refractivity contribution in [1.29, 1.82) is 0 Å². The number of nitrogens with zero attached hydrogens (tertiary/aromatic N) is 5. The zero-order valence-electron chi connectivity index (χ0n) is 17.2. The van der Waals surface area contributed by atoms with E-state index in [0.717, 1.165) is 24.4 Å². The number of carbonyl (C=O) groups excluding carboxylic acids is 1. The molecule has 2 atom stereocenters. The minimum atomic E-state index is -0.509. The topological polar surface area (TPSA) is 75.4 Å². The molecule has 0 bridgehead atoms. The maximum absolute atomic E-state index is 14.6. The second-order valence-electron chi connectivity index (χ2n) is 8.07. The molecule has 1 aromatic carbocycles. The Hall–Kier alpha value is -3.00. The van der Waals surface area contributed by atoms with E-state index in [9.17, 15) is 9.18 Å². The number of amides is 1. The van der Waals surface area contributed by atoms with Gasteiger partial charge in [0.2, 0.25) is 5.95 Å². The lowest BCUT2D eigenvalue weighted by Gasteiger charge is -2.53. The van der Waals surface area contributed by atoms with Gasteiger partial charge in [-0.15, -0.1) is 0 Å². The van der Waals surface area contributed by atoms with Gasteiger partial charge in [-0.2, -0.15) is 0 Å². The van der Waals surface area contributed by atoms with E-state index >= 15 is 0 Å². The molecule has 2 unspecified atom stereocenters. The fraction of sp³-hybridized carbons (Fsp3) is 0.364. The normalized spacial score (nSPS) is 20.4. The highest BCUT2D eigenvalue weighted by Crippen LogP contribution is 2.37. The highest BCUT2D eigenvalue weighted by molar-refractivity contribution is 6.31. The van der Waals surface area contributed by atoms with Gasteiger partial charge in [-0.1, -0.05) is 22.8 Å². The minimum Gasteiger partial charge on any atom is -0.356 e. The molecule has 9 heteroatoms. The maximum atomic E-state index is 14.6. The molecule has 0 saturated carbocycles. The molecule has 31 heavy (non-hydrogen) atoms. The summed E-state index contributed by atoms with van der Waals surface area (Å²) in [6.07, 6.45) is 2.38. The third-order valence-corrected chi connectivity index (χ3v) is 6.74. The average molecular weight is 442 g/mol. The fourth-order valence-electron chi connectivity index (χ4n) is 4.49. The van der Waals surface area contributed by atoms with Crippen molar-refractivity contribution in [1.82, 2.24) is 20.0 Å². The summed E-state index contributed by atoms with van der Waals surface area (Å²) in [7, 11) is 0. The van der Waals surface area contributed by atoms with E-state index in [0.29, 0.717) is 30.0 Å². The number of carbonyl (C=O) groups is 1. The molecular formula is C22H21ClFN5O2. The Bertz CT molecular complexity index is 1130. The molecule has 2 aliphatic rings. The average Bonchev–Trinajstić information content (AvgIpc) is 3.26. The van der Waals surface area contributed by atoms with Crippen LogP contribution in [0.3, 0.4) is 0 Å². The van der Waals surface area contributed by atoms with Crippen LogP contribution in [0.4, 0.5) is 10.3 Å². The first-order valence-electron chi connectivity index (χ1n) is 10.2. The monoisotopic (exact) mass is 441 g/mol. The molecule has 4 heterocycles. The molecule has 5 rings (SSSR count). The van der Waals surface area contributed by atoms with Crippen LogP contribution in [0.1, 0.15) is 28.2 Å². The Morgan fingerprint density at radius 1 is 1.19 bits per heavy atom. The van der Waals surface area contributed by atoms with E-state index in [2.05, 4.69) is 20.0 Å². The summed E-state index contributed by atoms with van der Waals surface area (Å²) in [5.74, 6) is 0.565. The van der Waals surface area contributed by atoms with Crippen molar-refractivity contribution in [3.63, 3.8) is 0 Å². The molecule has 160 valence electrons. The first kappa shape index (κ1) is 19.9. The van der Waals surface area contributed by atoms with E-state index in [1.165, 1.54) is 12.3 Å². The highest BCUT2D eigenvalue weighted by Gasteiger charge is 2.46. The van der Waals surface area contributed by atoms with E-state index in [1.807, 2.05) is 13.8 Å². The number of rotatable bonds is 3. The smallest absolute Gasteiger partial charge is 0.255 e. The van der Waals surface area contributed by atoms with Crippen LogP contribution in [0.25, 0.3) is 11.3 Å². The van der Waals surface area contributed by atoms with Crippen molar-refractivity contribution in [3.8, 4) is 11.3 Å². The van der Waals surface area contributed by atoms with Gasteiger partial charge in [-0.25, -0.2) is 14.4 Å². The Morgan fingerprint density at radius 3 is 2.68 bits per heavy atom. The predicted octanol–water partition coefficient (Wildman–Crippen LogP) is 3.89. The van der Waals surface area contributed by atoms with Crippen molar-refractivity contribution in [3.05, 3.63) is 58.3 Å². The van der Waals surface area contributed by atoms with Crippen molar-refractivity contribution < 1.29 is 13.7 Å². The molecule has 2 saturated heterocycles. The summed E-state index contributed by atoms with van der Waals surface area (Å²) in [5, 5.41) is 4.23. The van der Waals surface area contributed by atoms with Gasteiger partial charge in [-0.05, 0) is 32.4 Å². The number of hydrogen-bond donors (Lipinski definition) is 0. The van der Waals surface area contributed by atoms with Crippen molar-refractivity contribution >= 4 is 23.5 Å². The van der Waals surface area contributed by atoms with Crippen LogP contribution in [0.2, 0.25) is 5.02 Å². The number of aryl methyl sites for hydroxylation is 2. The number of piperidine rings is 1. The van der Waals surface area contributed by atoms with E-state index < -0.39 is 5.82 Å². The van der Waals surface area contributed by atoms with Gasteiger partial charge in [0.1, 0.15) is 5.82 Å². The molecule has 0 aliphatic carbocycles. The molecule has 2 aliphatic heterocycles. The van der Waals surface area contributed by atoms with Crippen LogP contribution < -0.4 is 4.90 Å². The van der Waals surface area contributed by atoms with Gasteiger partial charge < -0.3 is 14.3 Å². The Morgan fingerprint density at radius 2 is 1.97 bits per heavy atom. The molecule has 7 nitrogen and oxygen atoms in total. The summed E-state index contributed by atoms with van der Waals surface area (Å²) in [5.41, 5.74) is 1.91.